The van der Waals surface area contributed by atoms with Gasteiger partial charge >= 0.3 is 0 Å². The molecule has 2 rings (SSSR count). The van der Waals surface area contributed by atoms with Crippen LogP contribution in [0.15, 0.2) is 46.9 Å². The topological polar surface area (TPSA) is 21.3 Å². The lowest BCUT2D eigenvalue weighted by atomic mass is 10.0. The van der Waals surface area contributed by atoms with Crippen LogP contribution in [0, 0.1) is 6.92 Å². The Bertz CT molecular complexity index is 566. The second-order valence-electron chi connectivity index (χ2n) is 4.86. The van der Waals surface area contributed by atoms with Gasteiger partial charge in [-0.1, -0.05) is 25.1 Å². The first kappa shape index (κ1) is 14.9. The molecule has 0 aliphatic heterocycles. The van der Waals surface area contributed by atoms with Crippen LogP contribution in [-0.2, 0) is 0 Å². The van der Waals surface area contributed by atoms with Crippen LogP contribution in [0.5, 0.6) is 5.75 Å². The molecule has 0 radical (unpaired) electrons. The van der Waals surface area contributed by atoms with Crippen LogP contribution in [0.2, 0.25) is 0 Å². The van der Waals surface area contributed by atoms with Gasteiger partial charge < -0.3 is 10.1 Å². The third-order valence-electron chi connectivity index (χ3n) is 3.38. The molecule has 0 spiro atoms. The summed E-state index contributed by atoms with van der Waals surface area (Å²) in [7, 11) is 1.69. The van der Waals surface area contributed by atoms with Gasteiger partial charge in [0.2, 0.25) is 0 Å². The van der Waals surface area contributed by atoms with Crippen molar-refractivity contribution in [2.75, 3.05) is 12.4 Å². The van der Waals surface area contributed by atoms with Gasteiger partial charge in [0.1, 0.15) is 5.75 Å². The molecule has 0 aliphatic rings. The van der Waals surface area contributed by atoms with Crippen molar-refractivity contribution in [2.45, 2.75) is 26.3 Å². The quantitative estimate of drug-likeness (QED) is 0.798. The number of ether oxygens (including phenoxy) is 1. The Labute approximate surface area is 129 Å². The van der Waals surface area contributed by atoms with E-state index in [-0.39, 0.29) is 0 Å². The van der Waals surface area contributed by atoms with Crippen LogP contribution in [0.25, 0.3) is 0 Å². The monoisotopic (exact) mass is 333 g/mol. The number of nitrogens with one attached hydrogen (secondary N) is 1. The van der Waals surface area contributed by atoms with Crippen molar-refractivity contribution in [1.82, 2.24) is 0 Å². The Balaban J connectivity index is 2.21. The van der Waals surface area contributed by atoms with Crippen molar-refractivity contribution >= 4 is 21.6 Å². The Morgan fingerprint density at radius 1 is 1.15 bits per heavy atom. The molecule has 3 heteroatoms. The van der Waals surface area contributed by atoms with Crippen molar-refractivity contribution in [1.29, 1.82) is 0 Å². The summed E-state index contributed by atoms with van der Waals surface area (Å²) in [6.07, 6.45) is 1.02. The number of rotatable bonds is 5. The summed E-state index contributed by atoms with van der Waals surface area (Å²) in [6.45, 7) is 4.29. The molecule has 1 unspecified atom stereocenters. The average molecular weight is 334 g/mol. The highest BCUT2D eigenvalue weighted by molar-refractivity contribution is 9.10. The molecule has 2 aromatic rings. The summed E-state index contributed by atoms with van der Waals surface area (Å²) in [6, 6.07) is 14.9. The highest BCUT2D eigenvalue weighted by Crippen LogP contribution is 2.29. The molecule has 0 saturated heterocycles. The highest BCUT2D eigenvalue weighted by Gasteiger charge is 2.11. The van der Waals surface area contributed by atoms with Crippen molar-refractivity contribution in [2.24, 2.45) is 0 Å². The molecule has 1 atom stereocenters. The van der Waals surface area contributed by atoms with Gasteiger partial charge in [0.25, 0.3) is 0 Å². The van der Waals surface area contributed by atoms with Crippen LogP contribution >= 0.6 is 15.9 Å². The van der Waals surface area contributed by atoms with Gasteiger partial charge in [-0.05, 0) is 64.7 Å². The minimum absolute atomic E-state index is 0.291. The molecular weight excluding hydrogens is 314 g/mol. The summed E-state index contributed by atoms with van der Waals surface area (Å²) in [5.41, 5.74) is 3.65. The smallest absolute Gasteiger partial charge is 0.118 e. The number of halogens is 1. The predicted octanol–water partition coefficient (Wildman–Crippen LogP) is 5.33. The molecule has 0 heterocycles. The van der Waals surface area contributed by atoms with E-state index in [0.29, 0.717) is 6.04 Å². The van der Waals surface area contributed by atoms with E-state index < -0.39 is 0 Å². The number of hydrogen-bond donors (Lipinski definition) is 1. The predicted molar refractivity (Wildman–Crippen MR) is 88.5 cm³/mol. The largest absolute Gasteiger partial charge is 0.497 e. The fourth-order valence-electron chi connectivity index (χ4n) is 2.19. The lowest BCUT2D eigenvalue weighted by Gasteiger charge is -2.20. The Morgan fingerprint density at radius 3 is 2.45 bits per heavy atom. The Hall–Kier alpha value is -1.48. The number of aryl methyl sites for hydroxylation is 1. The van der Waals surface area contributed by atoms with Crippen LogP contribution < -0.4 is 10.1 Å². The molecule has 106 valence electrons. The standard InChI is InChI=1S/C17H20BrNO/c1-4-16(13-6-8-14(20-3)9-7-13)19-17-11-12(2)5-10-15(17)18/h5-11,16,19H,4H2,1-3H3. The van der Waals surface area contributed by atoms with Crippen LogP contribution in [0.4, 0.5) is 5.69 Å². The summed E-state index contributed by atoms with van der Waals surface area (Å²) >= 11 is 3.60. The number of benzene rings is 2. The molecular formula is C17H20BrNO. The molecule has 0 bridgehead atoms. The maximum atomic E-state index is 5.21. The molecule has 20 heavy (non-hydrogen) atoms. The van der Waals surface area contributed by atoms with Gasteiger partial charge in [-0.3, -0.25) is 0 Å². The normalized spacial score (nSPS) is 12.0. The number of anilines is 1. The molecule has 2 aromatic carbocycles. The van der Waals surface area contributed by atoms with Crippen LogP contribution in [0.1, 0.15) is 30.5 Å². The second-order valence-corrected chi connectivity index (χ2v) is 5.72. The van der Waals surface area contributed by atoms with Gasteiger partial charge in [0.05, 0.1) is 13.2 Å². The van der Waals surface area contributed by atoms with E-state index in [1.54, 1.807) is 7.11 Å². The summed E-state index contributed by atoms with van der Waals surface area (Å²) in [4.78, 5) is 0. The van der Waals surface area contributed by atoms with E-state index in [2.05, 4.69) is 65.4 Å². The molecule has 0 saturated carbocycles. The maximum absolute atomic E-state index is 5.21. The van der Waals surface area contributed by atoms with Gasteiger partial charge in [-0.2, -0.15) is 0 Å². The van der Waals surface area contributed by atoms with Crippen molar-refractivity contribution in [3.63, 3.8) is 0 Å². The molecule has 1 N–H and O–H groups in total. The van der Waals surface area contributed by atoms with Crippen molar-refractivity contribution in [3.05, 3.63) is 58.1 Å². The summed E-state index contributed by atoms with van der Waals surface area (Å²) < 4.78 is 6.30. The maximum Gasteiger partial charge on any atom is 0.118 e. The summed E-state index contributed by atoms with van der Waals surface area (Å²) in [5, 5.41) is 3.60. The van der Waals surface area contributed by atoms with Gasteiger partial charge in [-0.15, -0.1) is 0 Å². The lowest BCUT2D eigenvalue weighted by molar-refractivity contribution is 0.414. The zero-order valence-corrected chi connectivity index (χ0v) is 13.7. The zero-order chi connectivity index (χ0) is 14.5. The average Bonchev–Trinajstić information content (AvgIpc) is 2.48. The van der Waals surface area contributed by atoms with Gasteiger partial charge in [0.15, 0.2) is 0 Å². The first-order valence-corrected chi connectivity index (χ1v) is 7.60. The molecule has 0 amide bonds. The number of methoxy groups -OCH3 is 1. The fourth-order valence-corrected chi connectivity index (χ4v) is 2.56. The van der Waals surface area contributed by atoms with E-state index in [1.807, 2.05) is 12.1 Å². The van der Waals surface area contributed by atoms with E-state index in [1.165, 1.54) is 11.1 Å². The molecule has 0 aromatic heterocycles. The van der Waals surface area contributed by atoms with Crippen LogP contribution in [-0.4, -0.2) is 7.11 Å². The van der Waals surface area contributed by atoms with Crippen molar-refractivity contribution in [3.8, 4) is 5.75 Å². The zero-order valence-electron chi connectivity index (χ0n) is 12.1. The third-order valence-corrected chi connectivity index (χ3v) is 4.07. The van der Waals surface area contributed by atoms with E-state index in [9.17, 15) is 0 Å². The molecule has 0 aliphatic carbocycles. The summed E-state index contributed by atoms with van der Waals surface area (Å²) in [5.74, 6) is 0.889. The molecule has 0 fully saturated rings. The van der Waals surface area contributed by atoms with E-state index in [0.717, 1.165) is 22.3 Å². The Kier molecular flexibility index (Phi) is 5.07. The minimum atomic E-state index is 0.291. The number of hydrogen-bond acceptors (Lipinski definition) is 2. The van der Waals surface area contributed by atoms with Gasteiger partial charge in [0, 0.05) is 10.2 Å². The first-order valence-electron chi connectivity index (χ1n) is 6.80. The SMILES string of the molecule is CCC(Nc1cc(C)ccc1Br)c1ccc(OC)cc1. The minimum Gasteiger partial charge on any atom is -0.497 e. The highest BCUT2D eigenvalue weighted by atomic mass is 79.9. The lowest BCUT2D eigenvalue weighted by Crippen LogP contribution is -2.10. The first-order chi connectivity index (χ1) is 9.63. The van der Waals surface area contributed by atoms with E-state index >= 15 is 0 Å². The fraction of sp³-hybridized carbons (Fsp3) is 0.294. The van der Waals surface area contributed by atoms with E-state index in [4.69, 9.17) is 4.74 Å². The van der Waals surface area contributed by atoms with Crippen molar-refractivity contribution < 1.29 is 4.74 Å². The van der Waals surface area contributed by atoms with Crippen LogP contribution in [0.3, 0.4) is 0 Å². The second kappa shape index (κ2) is 6.80. The third kappa shape index (κ3) is 3.54. The Morgan fingerprint density at radius 2 is 1.85 bits per heavy atom. The molecule has 2 nitrogen and oxygen atoms in total. The van der Waals surface area contributed by atoms with Gasteiger partial charge in [-0.25, -0.2) is 0 Å².